The van der Waals surface area contributed by atoms with Gasteiger partial charge in [-0.05, 0) is 31.2 Å². The second-order valence-corrected chi connectivity index (χ2v) is 4.41. The van der Waals surface area contributed by atoms with Crippen molar-refractivity contribution in [3.63, 3.8) is 0 Å². The maximum atomic E-state index is 12.1. The molecule has 0 saturated heterocycles. The fourth-order valence-corrected chi connectivity index (χ4v) is 1.61. The molecule has 0 aliphatic rings. The Morgan fingerprint density at radius 2 is 2.15 bits per heavy atom. The summed E-state index contributed by atoms with van der Waals surface area (Å²) in [6, 6.07) is 9.82. The number of halogens is 1. The number of nitrogens with zero attached hydrogens (tertiary/aromatic N) is 2. The molecule has 1 aromatic carbocycles. The highest BCUT2D eigenvalue weighted by atomic mass is 35.5. The number of anilines is 1. The van der Waals surface area contributed by atoms with Crippen LogP contribution in [0.3, 0.4) is 0 Å². The fraction of sp³-hybridized carbons (Fsp3) is 0.0714. The van der Waals surface area contributed by atoms with Crippen molar-refractivity contribution in [2.24, 2.45) is 0 Å². The third-order valence-electron chi connectivity index (χ3n) is 2.46. The van der Waals surface area contributed by atoms with Crippen LogP contribution in [-0.2, 0) is 0 Å². The van der Waals surface area contributed by atoms with Crippen LogP contribution in [-0.4, -0.2) is 10.9 Å². The predicted octanol–water partition coefficient (Wildman–Crippen LogP) is 3.34. The zero-order valence-corrected chi connectivity index (χ0v) is 11.3. The van der Waals surface area contributed by atoms with Crippen molar-refractivity contribution in [1.29, 1.82) is 5.26 Å². The number of benzene rings is 1. The molecule has 0 unspecified atom stereocenters. The number of hydrogen-bond donors (Lipinski definition) is 1. The third kappa shape index (κ3) is 3.25. The molecule has 20 heavy (non-hydrogen) atoms. The van der Waals surface area contributed by atoms with E-state index in [9.17, 15) is 4.79 Å². The number of nitrogens with one attached hydrogen (secondary N) is 1. The van der Waals surface area contributed by atoms with Gasteiger partial charge in [0.05, 0.1) is 0 Å². The Bertz CT molecular complexity index is 696. The van der Waals surface area contributed by atoms with E-state index in [1.807, 2.05) is 6.07 Å². The minimum Gasteiger partial charge on any atom is -0.360 e. The quantitative estimate of drug-likeness (QED) is 0.530. The van der Waals surface area contributed by atoms with Crippen LogP contribution in [0.25, 0.3) is 0 Å². The van der Waals surface area contributed by atoms with Gasteiger partial charge in [0, 0.05) is 22.9 Å². The van der Waals surface area contributed by atoms with E-state index in [4.69, 9.17) is 21.4 Å². The van der Waals surface area contributed by atoms with Gasteiger partial charge < -0.3 is 9.84 Å². The highest BCUT2D eigenvalue weighted by Crippen LogP contribution is 2.14. The van der Waals surface area contributed by atoms with Gasteiger partial charge in [0.2, 0.25) is 5.78 Å². The average Bonchev–Trinajstić information content (AvgIpc) is 2.86. The summed E-state index contributed by atoms with van der Waals surface area (Å²) in [5, 5.41) is 16.0. The van der Waals surface area contributed by atoms with Crippen molar-refractivity contribution in [3.8, 4) is 6.07 Å². The molecule has 1 heterocycles. The van der Waals surface area contributed by atoms with Gasteiger partial charge in [-0.1, -0.05) is 16.8 Å². The Kier molecular flexibility index (Phi) is 4.18. The van der Waals surface area contributed by atoms with Gasteiger partial charge in [-0.15, -0.1) is 0 Å². The molecule has 1 aromatic heterocycles. The molecule has 2 rings (SSSR count). The second-order valence-electron chi connectivity index (χ2n) is 3.97. The molecule has 2 aromatic rings. The summed E-state index contributed by atoms with van der Waals surface area (Å²) in [4.78, 5) is 12.1. The molecule has 0 aliphatic heterocycles. The lowest BCUT2D eigenvalue weighted by molar-refractivity contribution is 0.103. The Morgan fingerprint density at radius 1 is 1.45 bits per heavy atom. The smallest absolute Gasteiger partial charge is 0.205 e. The molecular weight excluding hydrogens is 278 g/mol. The first-order valence-corrected chi connectivity index (χ1v) is 6.08. The molecule has 6 heteroatoms. The largest absolute Gasteiger partial charge is 0.360 e. The lowest BCUT2D eigenvalue weighted by Gasteiger charge is -2.00. The Hall–Kier alpha value is -2.58. The van der Waals surface area contributed by atoms with Gasteiger partial charge in [0.1, 0.15) is 17.4 Å². The van der Waals surface area contributed by atoms with E-state index in [1.54, 1.807) is 37.3 Å². The van der Waals surface area contributed by atoms with Crippen LogP contribution in [0, 0.1) is 18.3 Å². The van der Waals surface area contributed by atoms with Gasteiger partial charge in [0.25, 0.3) is 0 Å². The van der Waals surface area contributed by atoms with Gasteiger partial charge in [-0.2, -0.15) is 5.26 Å². The first kappa shape index (κ1) is 13.8. The first-order chi connectivity index (χ1) is 9.60. The van der Waals surface area contributed by atoms with E-state index in [1.165, 1.54) is 6.20 Å². The van der Waals surface area contributed by atoms with Crippen molar-refractivity contribution in [2.75, 3.05) is 5.32 Å². The second kappa shape index (κ2) is 6.04. The lowest BCUT2D eigenvalue weighted by Crippen LogP contribution is -2.04. The molecule has 0 radical (unpaired) electrons. The average molecular weight is 288 g/mol. The molecule has 0 bridgehead atoms. The van der Waals surface area contributed by atoms with E-state index in [0.29, 0.717) is 22.2 Å². The molecule has 0 amide bonds. The van der Waals surface area contributed by atoms with Crippen LogP contribution < -0.4 is 5.32 Å². The van der Waals surface area contributed by atoms with Crippen LogP contribution >= 0.6 is 11.6 Å². The molecular formula is C14H10ClN3O2. The molecule has 0 atom stereocenters. The van der Waals surface area contributed by atoms with E-state index in [0.717, 1.165) is 0 Å². The van der Waals surface area contributed by atoms with Crippen LogP contribution in [0.2, 0.25) is 5.02 Å². The fourth-order valence-electron chi connectivity index (χ4n) is 1.49. The number of aryl methyl sites for hydroxylation is 1. The summed E-state index contributed by atoms with van der Waals surface area (Å²) in [5.74, 6) is 0.666. The number of ketones is 1. The van der Waals surface area contributed by atoms with Crippen molar-refractivity contribution >= 4 is 23.2 Å². The summed E-state index contributed by atoms with van der Waals surface area (Å²) >= 11 is 5.75. The standard InChI is InChI=1S/C14H10ClN3O2/c1-9-6-13(18-20-9)17-8-11(7-16)14(19)10-2-4-12(15)5-3-10/h2-6,8H,1H3,(H,17,18). The number of aromatic nitrogens is 1. The summed E-state index contributed by atoms with van der Waals surface area (Å²) in [5.41, 5.74) is 0.355. The lowest BCUT2D eigenvalue weighted by atomic mass is 10.1. The van der Waals surface area contributed by atoms with Gasteiger partial charge >= 0.3 is 0 Å². The summed E-state index contributed by atoms with van der Waals surface area (Å²) in [6.07, 6.45) is 1.30. The normalized spacial score (nSPS) is 10.9. The summed E-state index contributed by atoms with van der Waals surface area (Å²) in [6.45, 7) is 1.74. The van der Waals surface area contributed by atoms with Crippen LogP contribution in [0.15, 0.2) is 46.6 Å². The maximum Gasteiger partial charge on any atom is 0.205 e. The number of hydrogen-bond acceptors (Lipinski definition) is 5. The van der Waals surface area contributed by atoms with E-state index < -0.39 is 5.78 Å². The number of carbonyl (C=O) groups excluding carboxylic acids is 1. The number of Topliss-reactive ketones (excluding diaryl/α,β-unsaturated/α-hetero) is 1. The molecule has 0 spiro atoms. The van der Waals surface area contributed by atoms with Gasteiger partial charge in [-0.3, -0.25) is 4.79 Å². The number of carbonyl (C=O) groups is 1. The van der Waals surface area contributed by atoms with Crippen LogP contribution in [0.5, 0.6) is 0 Å². The van der Waals surface area contributed by atoms with Gasteiger partial charge in [0.15, 0.2) is 5.82 Å². The minimum atomic E-state index is -0.392. The van der Waals surface area contributed by atoms with Crippen LogP contribution in [0.1, 0.15) is 16.1 Å². The Labute approximate surface area is 120 Å². The first-order valence-electron chi connectivity index (χ1n) is 5.70. The van der Waals surface area contributed by atoms with Crippen molar-refractivity contribution in [3.05, 3.63) is 58.5 Å². The minimum absolute atomic E-state index is 0.0343. The highest BCUT2D eigenvalue weighted by Gasteiger charge is 2.12. The molecule has 100 valence electrons. The molecule has 0 aliphatic carbocycles. The van der Waals surface area contributed by atoms with E-state index in [-0.39, 0.29) is 5.57 Å². The molecule has 5 nitrogen and oxygen atoms in total. The topological polar surface area (TPSA) is 78.9 Å². The van der Waals surface area contributed by atoms with Crippen molar-refractivity contribution < 1.29 is 9.32 Å². The maximum absolute atomic E-state index is 12.1. The SMILES string of the molecule is Cc1cc(NC=C(C#N)C(=O)c2ccc(Cl)cc2)no1. The Balaban J connectivity index is 2.17. The van der Waals surface area contributed by atoms with Crippen molar-refractivity contribution in [1.82, 2.24) is 5.16 Å². The molecule has 0 fully saturated rings. The predicted molar refractivity (Wildman–Crippen MR) is 74.3 cm³/mol. The number of rotatable bonds is 4. The number of nitriles is 1. The summed E-state index contributed by atoms with van der Waals surface area (Å²) < 4.78 is 4.86. The zero-order chi connectivity index (χ0) is 14.5. The third-order valence-corrected chi connectivity index (χ3v) is 2.72. The Morgan fingerprint density at radius 3 is 2.70 bits per heavy atom. The van der Waals surface area contributed by atoms with E-state index in [2.05, 4.69) is 10.5 Å². The molecule has 0 saturated carbocycles. The number of allylic oxidation sites excluding steroid dienone is 1. The van der Waals surface area contributed by atoms with Gasteiger partial charge in [-0.25, -0.2) is 0 Å². The zero-order valence-electron chi connectivity index (χ0n) is 10.6. The summed E-state index contributed by atoms with van der Waals surface area (Å²) in [7, 11) is 0. The highest BCUT2D eigenvalue weighted by molar-refractivity contribution is 6.30. The van der Waals surface area contributed by atoms with Crippen LogP contribution in [0.4, 0.5) is 5.82 Å². The monoisotopic (exact) mass is 287 g/mol. The van der Waals surface area contributed by atoms with E-state index >= 15 is 0 Å². The van der Waals surface area contributed by atoms with Crippen molar-refractivity contribution in [2.45, 2.75) is 6.92 Å². The molecule has 1 N–H and O–H groups in total.